The van der Waals surface area contributed by atoms with Crippen molar-refractivity contribution in [3.63, 3.8) is 0 Å². The Morgan fingerprint density at radius 2 is 2.05 bits per heavy atom. The first-order chi connectivity index (χ1) is 10.2. The van der Waals surface area contributed by atoms with Gasteiger partial charge in [0, 0.05) is 50.0 Å². The molecule has 2 aliphatic heterocycles. The minimum Gasteiger partial charge on any atom is -0.497 e. The van der Waals surface area contributed by atoms with Crippen LogP contribution in [-0.2, 0) is 0 Å². The van der Waals surface area contributed by atoms with Gasteiger partial charge in [0.15, 0.2) is 0 Å². The fraction of sp³-hybridized carbons (Fsp3) is 0.647. The van der Waals surface area contributed by atoms with Gasteiger partial charge in [-0.15, -0.1) is 0 Å². The van der Waals surface area contributed by atoms with Crippen LogP contribution in [0, 0.1) is 0 Å². The zero-order valence-corrected chi connectivity index (χ0v) is 13.3. The van der Waals surface area contributed by atoms with E-state index < -0.39 is 0 Å². The Morgan fingerprint density at radius 3 is 2.71 bits per heavy atom. The van der Waals surface area contributed by atoms with Crippen LogP contribution in [0.1, 0.15) is 19.8 Å². The highest BCUT2D eigenvalue weighted by Gasteiger charge is 2.31. The Balaban J connectivity index is 1.54. The van der Waals surface area contributed by atoms with Gasteiger partial charge in [-0.3, -0.25) is 4.90 Å². The van der Waals surface area contributed by atoms with E-state index in [9.17, 15) is 0 Å². The van der Waals surface area contributed by atoms with Gasteiger partial charge >= 0.3 is 0 Å². The lowest BCUT2D eigenvalue weighted by Crippen LogP contribution is -2.54. The Kier molecular flexibility index (Phi) is 4.36. The number of nitrogens with one attached hydrogen (secondary N) is 1. The summed E-state index contributed by atoms with van der Waals surface area (Å²) < 4.78 is 5.32. The van der Waals surface area contributed by atoms with E-state index in [-0.39, 0.29) is 0 Å². The molecule has 0 radical (unpaired) electrons. The van der Waals surface area contributed by atoms with Crippen molar-refractivity contribution in [1.82, 2.24) is 10.2 Å². The number of methoxy groups -OCH3 is 1. The largest absolute Gasteiger partial charge is 0.497 e. The summed E-state index contributed by atoms with van der Waals surface area (Å²) in [5, 5.41) is 3.67. The van der Waals surface area contributed by atoms with Crippen molar-refractivity contribution in [2.24, 2.45) is 0 Å². The van der Waals surface area contributed by atoms with Gasteiger partial charge in [0.05, 0.1) is 7.11 Å². The molecule has 1 aromatic rings. The number of piperazine rings is 1. The molecule has 2 aliphatic rings. The van der Waals surface area contributed by atoms with Crippen LogP contribution in [0.5, 0.6) is 5.75 Å². The molecule has 1 aromatic carbocycles. The molecule has 2 saturated heterocycles. The average molecular weight is 289 g/mol. The van der Waals surface area contributed by atoms with Crippen molar-refractivity contribution in [3.05, 3.63) is 24.3 Å². The van der Waals surface area contributed by atoms with Crippen molar-refractivity contribution in [3.8, 4) is 5.75 Å². The molecule has 3 rings (SSSR count). The summed E-state index contributed by atoms with van der Waals surface area (Å²) in [7, 11) is 1.73. The van der Waals surface area contributed by atoms with Crippen LogP contribution in [0.3, 0.4) is 0 Å². The third-order valence-electron chi connectivity index (χ3n) is 4.82. The molecule has 1 unspecified atom stereocenters. The summed E-state index contributed by atoms with van der Waals surface area (Å²) in [6.07, 6.45) is 2.63. The predicted octanol–water partition coefficient (Wildman–Crippen LogP) is 1.96. The summed E-state index contributed by atoms with van der Waals surface area (Å²) in [6.45, 7) is 9.23. The average Bonchev–Trinajstić information content (AvgIpc) is 2.94. The van der Waals surface area contributed by atoms with Crippen molar-refractivity contribution in [2.75, 3.05) is 51.3 Å². The molecule has 1 N–H and O–H groups in total. The zero-order valence-electron chi connectivity index (χ0n) is 13.3. The van der Waals surface area contributed by atoms with E-state index in [1.807, 2.05) is 6.07 Å². The van der Waals surface area contributed by atoms with E-state index >= 15 is 0 Å². The molecule has 0 amide bonds. The van der Waals surface area contributed by atoms with Crippen LogP contribution in [0.4, 0.5) is 5.69 Å². The second-order valence-electron chi connectivity index (χ2n) is 6.56. The maximum absolute atomic E-state index is 5.32. The molecule has 2 fully saturated rings. The Hall–Kier alpha value is -1.26. The normalized spacial score (nSPS) is 27.0. The molecular formula is C17H27N3O. The number of rotatable bonds is 4. The van der Waals surface area contributed by atoms with Crippen LogP contribution in [0.2, 0.25) is 0 Å². The highest BCUT2D eigenvalue weighted by molar-refractivity contribution is 5.51. The van der Waals surface area contributed by atoms with E-state index in [0.717, 1.165) is 31.9 Å². The van der Waals surface area contributed by atoms with Gasteiger partial charge in [-0.2, -0.15) is 0 Å². The molecule has 0 saturated carbocycles. The van der Waals surface area contributed by atoms with E-state index in [1.165, 1.54) is 31.6 Å². The van der Waals surface area contributed by atoms with Gasteiger partial charge in [-0.1, -0.05) is 6.07 Å². The summed E-state index contributed by atoms with van der Waals surface area (Å²) in [6, 6.07) is 8.39. The lowest BCUT2D eigenvalue weighted by molar-refractivity contribution is 0.194. The van der Waals surface area contributed by atoms with Gasteiger partial charge in [0.1, 0.15) is 5.75 Å². The molecule has 0 aromatic heterocycles. The fourth-order valence-corrected chi connectivity index (χ4v) is 3.56. The molecule has 1 atom stereocenters. The zero-order chi connectivity index (χ0) is 14.7. The number of ether oxygens (including phenoxy) is 1. The molecule has 21 heavy (non-hydrogen) atoms. The Morgan fingerprint density at radius 1 is 1.24 bits per heavy atom. The smallest absolute Gasteiger partial charge is 0.120 e. The lowest BCUT2D eigenvalue weighted by Gasteiger charge is -2.40. The molecule has 4 heteroatoms. The molecular weight excluding hydrogens is 262 g/mol. The van der Waals surface area contributed by atoms with Crippen molar-refractivity contribution < 1.29 is 4.74 Å². The van der Waals surface area contributed by atoms with Gasteiger partial charge in [-0.25, -0.2) is 0 Å². The standard InChI is InChI=1S/C17H27N3O/c1-17(7-4-8-18-17)14-19-9-11-20(12-10-19)15-5-3-6-16(13-15)21-2/h3,5-6,13,18H,4,7-12,14H2,1-2H3. The maximum Gasteiger partial charge on any atom is 0.120 e. The van der Waals surface area contributed by atoms with Gasteiger partial charge in [-0.05, 0) is 38.4 Å². The maximum atomic E-state index is 5.32. The van der Waals surface area contributed by atoms with Gasteiger partial charge < -0.3 is 15.0 Å². The third kappa shape index (κ3) is 3.50. The highest BCUT2D eigenvalue weighted by Crippen LogP contribution is 2.24. The number of nitrogens with zero attached hydrogens (tertiary/aromatic N) is 2. The number of hydrogen-bond acceptors (Lipinski definition) is 4. The van der Waals surface area contributed by atoms with Crippen LogP contribution >= 0.6 is 0 Å². The second kappa shape index (κ2) is 6.24. The first kappa shape index (κ1) is 14.7. The van der Waals surface area contributed by atoms with Crippen molar-refractivity contribution in [2.45, 2.75) is 25.3 Å². The second-order valence-corrected chi connectivity index (χ2v) is 6.56. The van der Waals surface area contributed by atoms with Crippen molar-refractivity contribution >= 4 is 5.69 Å². The topological polar surface area (TPSA) is 27.7 Å². The Bertz CT molecular complexity index is 463. The quantitative estimate of drug-likeness (QED) is 0.917. The SMILES string of the molecule is COc1cccc(N2CCN(CC3(C)CCCN3)CC2)c1. The minimum absolute atomic E-state index is 0.331. The molecule has 2 heterocycles. The monoisotopic (exact) mass is 289 g/mol. The first-order valence-corrected chi connectivity index (χ1v) is 8.05. The summed E-state index contributed by atoms with van der Waals surface area (Å²) in [4.78, 5) is 5.07. The van der Waals surface area contributed by atoms with Crippen LogP contribution in [0.15, 0.2) is 24.3 Å². The van der Waals surface area contributed by atoms with E-state index in [4.69, 9.17) is 4.74 Å². The first-order valence-electron chi connectivity index (χ1n) is 8.05. The van der Waals surface area contributed by atoms with Gasteiger partial charge in [0.2, 0.25) is 0 Å². The van der Waals surface area contributed by atoms with E-state index in [2.05, 4.69) is 40.2 Å². The summed E-state index contributed by atoms with van der Waals surface area (Å²) >= 11 is 0. The highest BCUT2D eigenvalue weighted by atomic mass is 16.5. The van der Waals surface area contributed by atoms with Gasteiger partial charge in [0.25, 0.3) is 0 Å². The molecule has 116 valence electrons. The van der Waals surface area contributed by atoms with Crippen LogP contribution < -0.4 is 15.0 Å². The van der Waals surface area contributed by atoms with Crippen LogP contribution in [0.25, 0.3) is 0 Å². The number of benzene rings is 1. The molecule has 0 bridgehead atoms. The van der Waals surface area contributed by atoms with Crippen LogP contribution in [-0.4, -0.2) is 56.8 Å². The minimum atomic E-state index is 0.331. The molecule has 0 aliphatic carbocycles. The fourth-order valence-electron chi connectivity index (χ4n) is 3.56. The van der Waals surface area contributed by atoms with E-state index in [0.29, 0.717) is 5.54 Å². The third-order valence-corrected chi connectivity index (χ3v) is 4.82. The lowest BCUT2D eigenvalue weighted by atomic mass is 9.99. The van der Waals surface area contributed by atoms with E-state index in [1.54, 1.807) is 7.11 Å². The number of anilines is 1. The molecule has 0 spiro atoms. The summed E-state index contributed by atoms with van der Waals surface area (Å²) in [5.41, 5.74) is 1.61. The molecule has 4 nitrogen and oxygen atoms in total. The summed E-state index contributed by atoms with van der Waals surface area (Å²) in [5.74, 6) is 0.942. The number of hydrogen-bond donors (Lipinski definition) is 1. The Labute approximate surface area is 128 Å². The predicted molar refractivity (Wildman–Crippen MR) is 87.3 cm³/mol. The van der Waals surface area contributed by atoms with Crippen molar-refractivity contribution in [1.29, 1.82) is 0 Å².